The Kier molecular flexibility index (Phi) is 5.07. The predicted octanol–water partition coefficient (Wildman–Crippen LogP) is 3.82. The molecule has 6 heteroatoms. The van der Waals surface area contributed by atoms with Crippen molar-refractivity contribution in [3.63, 3.8) is 0 Å². The maximum Gasteiger partial charge on any atom is 0.328 e. The van der Waals surface area contributed by atoms with Gasteiger partial charge in [-0.2, -0.15) is 5.26 Å². The Morgan fingerprint density at radius 2 is 2.00 bits per heavy atom. The molecule has 90 valence electrons. The maximum atomic E-state index is 11.6. The first kappa shape index (κ1) is 14.1. The number of ether oxygens (including phenoxy) is 1. The van der Waals surface area contributed by atoms with Crippen molar-refractivity contribution in [1.82, 2.24) is 0 Å². The normalized spacial score (nSPS) is 11.7. The molecular formula is C11H8Cl3NO2. The number of nitrogens with zero attached hydrogens (tertiary/aromatic N) is 1. The van der Waals surface area contributed by atoms with Crippen molar-refractivity contribution >= 4 is 40.8 Å². The smallest absolute Gasteiger partial charge is 0.328 e. The molecule has 1 aromatic rings. The standard InChI is InChI=1S/C11H8Cl3NO2/c1-2-17-11(16)6(5-15)9-7(12)3-4-8(13)10(9)14/h3-4,6H,2H2,1H3. The summed E-state index contributed by atoms with van der Waals surface area (Å²) in [6.07, 6.45) is 0. The van der Waals surface area contributed by atoms with Gasteiger partial charge in [0.15, 0.2) is 5.92 Å². The van der Waals surface area contributed by atoms with Crippen molar-refractivity contribution in [3.05, 3.63) is 32.8 Å². The molecule has 0 saturated heterocycles. The van der Waals surface area contributed by atoms with Crippen LogP contribution in [-0.2, 0) is 9.53 Å². The van der Waals surface area contributed by atoms with E-state index < -0.39 is 11.9 Å². The molecule has 1 atom stereocenters. The molecular weight excluding hydrogens is 284 g/mol. The van der Waals surface area contributed by atoms with Gasteiger partial charge in [0.25, 0.3) is 0 Å². The average Bonchev–Trinajstić information content (AvgIpc) is 2.30. The monoisotopic (exact) mass is 291 g/mol. The van der Waals surface area contributed by atoms with Crippen molar-refractivity contribution in [1.29, 1.82) is 5.26 Å². The van der Waals surface area contributed by atoms with E-state index in [2.05, 4.69) is 0 Å². The Labute approximate surface area is 114 Å². The zero-order valence-corrected chi connectivity index (χ0v) is 11.1. The Morgan fingerprint density at radius 3 is 2.53 bits per heavy atom. The van der Waals surface area contributed by atoms with Gasteiger partial charge in [-0.25, -0.2) is 0 Å². The van der Waals surface area contributed by atoms with E-state index in [0.29, 0.717) is 0 Å². The van der Waals surface area contributed by atoms with Gasteiger partial charge in [-0.05, 0) is 19.1 Å². The van der Waals surface area contributed by atoms with E-state index >= 15 is 0 Å². The van der Waals surface area contributed by atoms with Crippen LogP contribution >= 0.6 is 34.8 Å². The Bertz CT molecular complexity index is 482. The zero-order chi connectivity index (χ0) is 13.0. The van der Waals surface area contributed by atoms with Crippen molar-refractivity contribution in [2.75, 3.05) is 6.61 Å². The highest BCUT2D eigenvalue weighted by Gasteiger charge is 2.27. The number of nitriles is 1. The topological polar surface area (TPSA) is 50.1 Å². The summed E-state index contributed by atoms with van der Waals surface area (Å²) >= 11 is 17.7. The van der Waals surface area contributed by atoms with E-state index in [9.17, 15) is 4.79 Å². The van der Waals surface area contributed by atoms with Crippen LogP contribution < -0.4 is 0 Å². The number of carbonyl (C=O) groups is 1. The minimum absolute atomic E-state index is 0.0961. The first-order chi connectivity index (χ1) is 8.02. The number of benzene rings is 1. The van der Waals surface area contributed by atoms with Gasteiger partial charge < -0.3 is 4.74 Å². The molecule has 0 aliphatic rings. The van der Waals surface area contributed by atoms with Gasteiger partial charge >= 0.3 is 5.97 Å². The first-order valence-electron chi connectivity index (χ1n) is 4.72. The van der Waals surface area contributed by atoms with Gasteiger partial charge in [-0.15, -0.1) is 0 Å². The molecule has 1 unspecified atom stereocenters. The molecule has 0 amide bonds. The van der Waals surface area contributed by atoms with Crippen LogP contribution in [0.25, 0.3) is 0 Å². The zero-order valence-electron chi connectivity index (χ0n) is 8.84. The van der Waals surface area contributed by atoms with Crippen LogP contribution in [0.3, 0.4) is 0 Å². The van der Waals surface area contributed by atoms with Gasteiger partial charge in [-0.1, -0.05) is 34.8 Å². The fourth-order valence-corrected chi connectivity index (χ4v) is 2.02. The van der Waals surface area contributed by atoms with Crippen LogP contribution in [0, 0.1) is 11.3 Å². The summed E-state index contributed by atoms with van der Waals surface area (Å²) in [6, 6.07) is 4.79. The van der Waals surface area contributed by atoms with Gasteiger partial charge in [0.2, 0.25) is 0 Å². The van der Waals surface area contributed by atoms with Crippen LogP contribution in [0.1, 0.15) is 18.4 Å². The molecule has 0 aliphatic heterocycles. The van der Waals surface area contributed by atoms with Crippen molar-refractivity contribution < 1.29 is 9.53 Å². The molecule has 1 rings (SSSR count). The quantitative estimate of drug-likeness (QED) is 0.628. The van der Waals surface area contributed by atoms with E-state index in [0.717, 1.165) is 0 Å². The minimum Gasteiger partial charge on any atom is -0.465 e. The lowest BCUT2D eigenvalue weighted by Crippen LogP contribution is -2.15. The van der Waals surface area contributed by atoms with E-state index in [1.54, 1.807) is 6.92 Å². The SMILES string of the molecule is CCOC(=O)C(C#N)c1c(Cl)ccc(Cl)c1Cl. The van der Waals surface area contributed by atoms with Crippen molar-refractivity contribution in [3.8, 4) is 6.07 Å². The lowest BCUT2D eigenvalue weighted by Gasteiger charge is -2.12. The van der Waals surface area contributed by atoms with E-state index in [4.69, 9.17) is 44.8 Å². The third-order valence-electron chi connectivity index (χ3n) is 2.02. The second kappa shape index (κ2) is 6.11. The lowest BCUT2D eigenvalue weighted by atomic mass is 10.0. The van der Waals surface area contributed by atoms with E-state index in [-0.39, 0.29) is 27.2 Å². The summed E-state index contributed by atoms with van der Waals surface area (Å²) in [5, 5.41) is 9.54. The highest BCUT2D eigenvalue weighted by Crippen LogP contribution is 2.36. The maximum absolute atomic E-state index is 11.6. The van der Waals surface area contributed by atoms with Crippen LogP contribution in [0.15, 0.2) is 12.1 Å². The summed E-state index contributed by atoms with van der Waals surface area (Å²) in [5.74, 6) is -1.87. The Balaban J connectivity index is 3.26. The fraction of sp³-hybridized carbons (Fsp3) is 0.273. The molecule has 0 spiro atoms. The number of esters is 1. The highest BCUT2D eigenvalue weighted by atomic mass is 35.5. The molecule has 3 nitrogen and oxygen atoms in total. The molecule has 0 saturated carbocycles. The van der Waals surface area contributed by atoms with Crippen LogP contribution in [0.4, 0.5) is 0 Å². The molecule has 0 fully saturated rings. The third-order valence-corrected chi connectivity index (χ3v) is 3.17. The molecule has 0 aliphatic carbocycles. The molecule has 1 aromatic carbocycles. The third kappa shape index (κ3) is 3.04. The predicted molar refractivity (Wildman–Crippen MR) is 66.5 cm³/mol. The summed E-state index contributed by atoms with van der Waals surface area (Å²) in [6.45, 7) is 1.82. The van der Waals surface area contributed by atoms with E-state index in [1.165, 1.54) is 12.1 Å². The van der Waals surface area contributed by atoms with Crippen LogP contribution in [0.2, 0.25) is 15.1 Å². The number of rotatable bonds is 3. The second-order valence-corrected chi connectivity index (χ2v) is 4.26. The Morgan fingerprint density at radius 1 is 1.41 bits per heavy atom. The van der Waals surface area contributed by atoms with Gasteiger partial charge in [0.1, 0.15) is 0 Å². The average molecular weight is 293 g/mol. The second-order valence-electron chi connectivity index (χ2n) is 3.07. The van der Waals surface area contributed by atoms with Crippen LogP contribution in [-0.4, -0.2) is 12.6 Å². The van der Waals surface area contributed by atoms with Gasteiger partial charge in [-0.3, -0.25) is 4.79 Å². The van der Waals surface area contributed by atoms with E-state index in [1.807, 2.05) is 6.07 Å². The van der Waals surface area contributed by atoms with Gasteiger partial charge in [0.05, 0.1) is 22.7 Å². The molecule has 0 heterocycles. The molecule has 0 bridgehead atoms. The van der Waals surface area contributed by atoms with Crippen LogP contribution in [0.5, 0.6) is 0 Å². The number of halogens is 3. The summed E-state index contributed by atoms with van der Waals surface area (Å²) in [7, 11) is 0. The van der Waals surface area contributed by atoms with Crippen molar-refractivity contribution in [2.45, 2.75) is 12.8 Å². The number of hydrogen-bond donors (Lipinski definition) is 0. The largest absolute Gasteiger partial charge is 0.465 e. The number of hydrogen-bond acceptors (Lipinski definition) is 3. The van der Waals surface area contributed by atoms with Crippen molar-refractivity contribution in [2.24, 2.45) is 0 Å². The summed E-state index contributed by atoms with van der Waals surface area (Å²) < 4.78 is 4.78. The number of carbonyl (C=O) groups excluding carboxylic acids is 1. The molecule has 0 radical (unpaired) electrons. The summed E-state index contributed by atoms with van der Waals surface area (Å²) in [4.78, 5) is 11.6. The Hall–Kier alpha value is -0.950. The molecule has 17 heavy (non-hydrogen) atoms. The van der Waals surface area contributed by atoms with Gasteiger partial charge in [0, 0.05) is 10.6 Å². The molecule has 0 aromatic heterocycles. The lowest BCUT2D eigenvalue weighted by molar-refractivity contribution is -0.143. The summed E-state index contributed by atoms with van der Waals surface area (Å²) in [5.41, 5.74) is 0.182. The fourth-order valence-electron chi connectivity index (χ4n) is 1.27. The molecule has 0 N–H and O–H groups in total. The highest BCUT2D eigenvalue weighted by molar-refractivity contribution is 6.44. The minimum atomic E-state index is -1.17. The first-order valence-corrected chi connectivity index (χ1v) is 5.86.